The number of fused-ring (bicyclic) bond motifs is 1. The molecule has 3 aromatic rings. The third kappa shape index (κ3) is 1.65. The Labute approximate surface area is 112 Å². The molecule has 1 aromatic heterocycles. The standard InChI is InChI=1S/C14H10F3N3/c1-7-5-6-9(16)13(11(7)17)20-10-4-2-3-8(15)12(10)19-14(20)18/h2-6H,1H3,(H2,18,19). The van der Waals surface area contributed by atoms with Crippen molar-refractivity contribution in [3.8, 4) is 5.69 Å². The molecule has 0 radical (unpaired) electrons. The summed E-state index contributed by atoms with van der Waals surface area (Å²) in [4.78, 5) is 3.83. The Morgan fingerprint density at radius 2 is 1.80 bits per heavy atom. The monoisotopic (exact) mass is 277 g/mol. The third-order valence-corrected chi connectivity index (χ3v) is 3.15. The Balaban J connectivity index is 2.45. The maximum absolute atomic E-state index is 14.2. The van der Waals surface area contributed by atoms with Crippen molar-refractivity contribution in [3.63, 3.8) is 0 Å². The van der Waals surface area contributed by atoms with Gasteiger partial charge in [0.1, 0.15) is 17.0 Å². The van der Waals surface area contributed by atoms with Crippen LogP contribution in [0.3, 0.4) is 0 Å². The van der Waals surface area contributed by atoms with Crippen molar-refractivity contribution in [2.75, 3.05) is 5.73 Å². The van der Waals surface area contributed by atoms with Crippen molar-refractivity contribution >= 4 is 17.0 Å². The Morgan fingerprint density at radius 3 is 2.55 bits per heavy atom. The topological polar surface area (TPSA) is 43.8 Å². The molecule has 2 N–H and O–H groups in total. The van der Waals surface area contributed by atoms with Crippen LogP contribution in [0.15, 0.2) is 30.3 Å². The van der Waals surface area contributed by atoms with Crippen LogP contribution in [0.5, 0.6) is 0 Å². The summed E-state index contributed by atoms with van der Waals surface area (Å²) in [5.74, 6) is -2.31. The lowest BCUT2D eigenvalue weighted by Crippen LogP contribution is -2.06. The van der Waals surface area contributed by atoms with Crippen molar-refractivity contribution in [2.45, 2.75) is 6.92 Å². The molecule has 1 heterocycles. The molecule has 0 aliphatic carbocycles. The fourth-order valence-corrected chi connectivity index (χ4v) is 2.16. The van der Waals surface area contributed by atoms with Crippen LogP contribution >= 0.6 is 0 Å². The van der Waals surface area contributed by atoms with Gasteiger partial charge in [0, 0.05) is 0 Å². The Hall–Kier alpha value is -2.50. The summed E-state index contributed by atoms with van der Waals surface area (Å²) in [6.07, 6.45) is 0. The first-order chi connectivity index (χ1) is 9.50. The Bertz CT molecular complexity index is 824. The second-order valence-electron chi connectivity index (χ2n) is 4.44. The van der Waals surface area contributed by atoms with E-state index < -0.39 is 17.5 Å². The van der Waals surface area contributed by atoms with Gasteiger partial charge in [-0.15, -0.1) is 0 Å². The first-order valence-corrected chi connectivity index (χ1v) is 5.88. The number of para-hydroxylation sites is 1. The number of halogens is 3. The second-order valence-corrected chi connectivity index (χ2v) is 4.44. The smallest absolute Gasteiger partial charge is 0.206 e. The molecule has 0 amide bonds. The Kier molecular flexibility index (Phi) is 2.67. The zero-order valence-electron chi connectivity index (χ0n) is 10.5. The fourth-order valence-electron chi connectivity index (χ4n) is 2.16. The lowest BCUT2D eigenvalue weighted by atomic mass is 10.2. The zero-order chi connectivity index (χ0) is 14.4. The van der Waals surface area contributed by atoms with Gasteiger partial charge in [-0.3, -0.25) is 4.57 Å². The predicted octanol–water partition coefficient (Wildman–Crippen LogP) is 3.33. The first-order valence-electron chi connectivity index (χ1n) is 5.88. The summed E-state index contributed by atoms with van der Waals surface area (Å²) in [6, 6.07) is 6.61. The number of hydrogen-bond acceptors (Lipinski definition) is 2. The normalized spacial score (nSPS) is 11.2. The Morgan fingerprint density at radius 1 is 1.05 bits per heavy atom. The van der Waals surface area contributed by atoms with E-state index in [-0.39, 0.29) is 28.2 Å². The quantitative estimate of drug-likeness (QED) is 0.741. The van der Waals surface area contributed by atoms with Gasteiger partial charge in [-0.05, 0) is 30.7 Å². The van der Waals surface area contributed by atoms with Gasteiger partial charge in [-0.2, -0.15) is 0 Å². The number of nitrogen functional groups attached to an aromatic ring is 1. The minimum atomic E-state index is -0.789. The van der Waals surface area contributed by atoms with Crippen LogP contribution < -0.4 is 5.73 Å². The highest BCUT2D eigenvalue weighted by Gasteiger charge is 2.20. The number of nitrogens with two attached hydrogens (primary N) is 1. The van der Waals surface area contributed by atoms with Gasteiger partial charge in [0.25, 0.3) is 0 Å². The van der Waals surface area contributed by atoms with Crippen LogP contribution in [0.1, 0.15) is 5.56 Å². The van der Waals surface area contributed by atoms with Crippen LogP contribution in [-0.4, -0.2) is 9.55 Å². The highest BCUT2D eigenvalue weighted by molar-refractivity contribution is 5.81. The van der Waals surface area contributed by atoms with Gasteiger partial charge >= 0.3 is 0 Å². The van der Waals surface area contributed by atoms with E-state index >= 15 is 0 Å². The summed E-state index contributed by atoms with van der Waals surface area (Å²) in [7, 11) is 0. The van der Waals surface area contributed by atoms with E-state index in [1.807, 2.05) is 0 Å². The molecule has 0 spiro atoms. The number of benzene rings is 2. The van der Waals surface area contributed by atoms with Crippen molar-refractivity contribution < 1.29 is 13.2 Å². The van der Waals surface area contributed by atoms with Gasteiger partial charge in [-0.1, -0.05) is 12.1 Å². The molecule has 20 heavy (non-hydrogen) atoms. The van der Waals surface area contributed by atoms with Crippen molar-refractivity contribution in [2.24, 2.45) is 0 Å². The maximum atomic E-state index is 14.2. The number of anilines is 1. The first kappa shape index (κ1) is 12.5. The molecular weight excluding hydrogens is 267 g/mol. The van der Waals surface area contributed by atoms with Gasteiger partial charge in [-0.25, -0.2) is 18.2 Å². The van der Waals surface area contributed by atoms with Crippen LogP contribution in [0, 0.1) is 24.4 Å². The molecule has 0 fully saturated rings. The molecule has 0 saturated heterocycles. The minimum absolute atomic E-state index is 0.0229. The molecule has 0 bridgehead atoms. The molecule has 0 aliphatic rings. The van der Waals surface area contributed by atoms with E-state index in [0.717, 1.165) is 10.6 Å². The van der Waals surface area contributed by atoms with Crippen LogP contribution in [0.4, 0.5) is 19.1 Å². The number of nitrogens with zero attached hydrogens (tertiary/aromatic N) is 2. The van der Waals surface area contributed by atoms with Crippen LogP contribution in [0.25, 0.3) is 16.7 Å². The number of aryl methyl sites for hydroxylation is 1. The zero-order valence-corrected chi connectivity index (χ0v) is 10.5. The molecule has 102 valence electrons. The van der Waals surface area contributed by atoms with E-state index in [1.165, 1.54) is 31.2 Å². The molecule has 3 nitrogen and oxygen atoms in total. The lowest BCUT2D eigenvalue weighted by Gasteiger charge is -2.10. The van der Waals surface area contributed by atoms with E-state index in [2.05, 4.69) is 4.98 Å². The molecular formula is C14H10F3N3. The van der Waals surface area contributed by atoms with Gasteiger partial charge in [0.2, 0.25) is 5.95 Å². The number of hydrogen-bond donors (Lipinski definition) is 1. The fraction of sp³-hybridized carbons (Fsp3) is 0.0714. The van der Waals surface area contributed by atoms with Gasteiger partial charge in [0.05, 0.1) is 5.52 Å². The summed E-state index contributed by atoms with van der Waals surface area (Å²) in [5.41, 5.74) is 5.80. The van der Waals surface area contributed by atoms with E-state index in [4.69, 9.17) is 5.73 Å². The van der Waals surface area contributed by atoms with Crippen molar-refractivity contribution in [1.82, 2.24) is 9.55 Å². The third-order valence-electron chi connectivity index (χ3n) is 3.15. The second kappa shape index (κ2) is 4.26. The van der Waals surface area contributed by atoms with E-state index in [1.54, 1.807) is 0 Å². The molecule has 0 aliphatic heterocycles. The van der Waals surface area contributed by atoms with Crippen LogP contribution in [-0.2, 0) is 0 Å². The molecule has 2 aromatic carbocycles. The predicted molar refractivity (Wildman–Crippen MR) is 70.1 cm³/mol. The molecule has 0 saturated carbocycles. The summed E-state index contributed by atoms with van der Waals surface area (Å²) in [6.45, 7) is 1.51. The minimum Gasteiger partial charge on any atom is -0.369 e. The van der Waals surface area contributed by atoms with E-state index in [9.17, 15) is 13.2 Å². The SMILES string of the molecule is Cc1ccc(F)c(-n2c(N)nc3c(F)cccc32)c1F. The average molecular weight is 277 g/mol. The number of imidazole rings is 1. The summed E-state index contributed by atoms with van der Waals surface area (Å²) in [5, 5.41) is 0. The van der Waals surface area contributed by atoms with Crippen molar-refractivity contribution in [1.29, 1.82) is 0 Å². The summed E-state index contributed by atoms with van der Waals surface area (Å²) < 4.78 is 42.9. The molecule has 6 heteroatoms. The summed E-state index contributed by atoms with van der Waals surface area (Å²) >= 11 is 0. The number of aromatic nitrogens is 2. The highest BCUT2D eigenvalue weighted by Crippen LogP contribution is 2.29. The maximum Gasteiger partial charge on any atom is 0.206 e. The molecule has 0 atom stereocenters. The largest absolute Gasteiger partial charge is 0.369 e. The molecule has 0 unspecified atom stereocenters. The van der Waals surface area contributed by atoms with Crippen molar-refractivity contribution in [3.05, 3.63) is 53.3 Å². The van der Waals surface area contributed by atoms with Crippen LogP contribution in [0.2, 0.25) is 0 Å². The van der Waals surface area contributed by atoms with E-state index in [0.29, 0.717) is 0 Å². The average Bonchev–Trinajstić information content (AvgIpc) is 2.74. The molecule has 3 rings (SSSR count). The number of rotatable bonds is 1. The van der Waals surface area contributed by atoms with Gasteiger partial charge in [0.15, 0.2) is 11.6 Å². The highest BCUT2D eigenvalue weighted by atomic mass is 19.1. The van der Waals surface area contributed by atoms with Gasteiger partial charge < -0.3 is 5.73 Å². The lowest BCUT2D eigenvalue weighted by molar-refractivity contribution is 0.566.